The predicted molar refractivity (Wildman–Crippen MR) is 59.3 cm³/mol. The van der Waals surface area contributed by atoms with Crippen LogP contribution in [0.4, 0.5) is 13.2 Å². The summed E-state index contributed by atoms with van der Waals surface area (Å²) >= 11 is 0. The first-order valence-electron chi connectivity index (χ1n) is 5.21. The fourth-order valence-corrected chi connectivity index (χ4v) is 1.70. The maximum atomic E-state index is 13.7. The van der Waals surface area contributed by atoms with Crippen molar-refractivity contribution in [2.24, 2.45) is 0 Å². The number of hydrogen-bond donors (Lipinski definition) is 1. The van der Waals surface area contributed by atoms with Gasteiger partial charge < -0.3 is 5.32 Å². The minimum atomic E-state index is -1.48. The molecule has 6 heteroatoms. The van der Waals surface area contributed by atoms with E-state index < -0.39 is 23.5 Å². The van der Waals surface area contributed by atoms with Gasteiger partial charge in [0, 0.05) is 11.8 Å². The predicted octanol–water partition coefficient (Wildman–Crippen LogP) is 2.20. The van der Waals surface area contributed by atoms with Gasteiger partial charge in [-0.15, -0.1) is 0 Å². The van der Waals surface area contributed by atoms with Crippen LogP contribution >= 0.6 is 0 Å². The lowest BCUT2D eigenvalue weighted by atomic mass is 10.0. The SMILES string of the molecule is CNC(c1ccncn1)c1ccc(F)c(F)c1F. The second kappa shape index (κ2) is 5.14. The van der Waals surface area contributed by atoms with Crippen molar-refractivity contribution in [3.8, 4) is 0 Å². The summed E-state index contributed by atoms with van der Waals surface area (Å²) in [4.78, 5) is 7.71. The fraction of sp³-hybridized carbons (Fsp3) is 0.167. The maximum Gasteiger partial charge on any atom is 0.194 e. The average molecular weight is 253 g/mol. The zero-order valence-corrected chi connectivity index (χ0v) is 9.49. The van der Waals surface area contributed by atoms with E-state index in [-0.39, 0.29) is 5.56 Å². The van der Waals surface area contributed by atoms with Gasteiger partial charge in [0.25, 0.3) is 0 Å². The first-order valence-corrected chi connectivity index (χ1v) is 5.21. The summed E-state index contributed by atoms with van der Waals surface area (Å²) < 4.78 is 39.7. The molecule has 0 aliphatic carbocycles. The molecule has 0 saturated heterocycles. The van der Waals surface area contributed by atoms with Crippen LogP contribution in [0.3, 0.4) is 0 Å². The topological polar surface area (TPSA) is 37.8 Å². The molecule has 0 amide bonds. The number of rotatable bonds is 3. The van der Waals surface area contributed by atoms with Crippen molar-refractivity contribution in [3.05, 3.63) is 59.4 Å². The Hall–Kier alpha value is -1.95. The highest BCUT2D eigenvalue weighted by atomic mass is 19.2. The van der Waals surface area contributed by atoms with Gasteiger partial charge in [-0.05, 0) is 19.2 Å². The molecule has 0 bridgehead atoms. The van der Waals surface area contributed by atoms with E-state index in [0.717, 1.165) is 6.07 Å². The summed E-state index contributed by atoms with van der Waals surface area (Å²) in [6, 6.07) is 2.99. The van der Waals surface area contributed by atoms with Crippen LogP contribution in [0.2, 0.25) is 0 Å². The molecule has 18 heavy (non-hydrogen) atoms. The molecule has 1 N–H and O–H groups in total. The highest BCUT2D eigenvalue weighted by Gasteiger charge is 2.21. The molecule has 0 fully saturated rings. The van der Waals surface area contributed by atoms with Crippen molar-refractivity contribution in [3.63, 3.8) is 0 Å². The summed E-state index contributed by atoms with van der Waals surface area (Å²) in [6.07, 6.45) is 2.79. The Morgan fingerprint density at radius 2 is 1.89 bits per heavy atom. The van der Waals surface area contributed by atoms with Crippen LogP contribution in [-0.4, -0.2) is 17.0 Å². The quantitative estimate of drug-likeness (QED) is 0.852. The van der Waals surface area contributed by atoms with Crippen molar-refractivity contribution in [2.45, 2.75) is 6.04 Å². The second-order valence-electron chi connectivity index (χ2n) is 3.62. The highest BCUT2D eigenvalue weighted by Crippen LogP contribution is 2.25. The molecular weight excluding hydrogens is 243 g/mol. The normalized spacial score (nSPS) is 12.4. The summed E-state index contributed by atoms with van der Waals surface area (Å²) in [7, 11) is 1.58. The maximum absolute atomic E-state index is 13.7. The van der Waals surface area contributed by atoms with Crippen LogP contribution in [0, 0.1) is 17.5 Å². The molecule has 2 aromatic rings. The van der Waals surface area contributed by atoms with E-state index in [0.29, 0.717) is 5.69 Å². The van der Waals surface area contributed by atoms with E-state index in [9.17, 15) is 13.2 Å². The van der Waals surface area contributed by atoms with Crippen molar-refractivity contribution in [1.29, 1.82) is 0 Å². The number of benzene rings is 1. The minimum absolute atomic E-state index is 0.00454. The fourth-order valence-electron chi connectivity index (χ4n) is 1.70. The van der Waals surface area contributed by atoms with Gasteiger partial charge in [0.15, 0.2) is 17.5 Å². The van der Waals surface area contributed by atoms with Gasteiger partial charge in [-0.3, -0.25) is 0 Å². The van der Waals surface area contributed by atoms with Gasteiger partial charge in [0.1, 0.15) is 6.33 Å². The Bertz CT molecular complexity index is 546. The van der Waals surface area contributed by atoms with Gasteiger partial charge >= 0.3 is 0 Å². The van der Waals surface area contributed by atoms with Crippen LogP contribution in [0.15, 0.2) is 30.7 Å². The molecule has 94 valence electrons. The Morgan fingerprint density at radius 1 is 1.11 bits per heavy atom. The number of hydrogen-bond acceptors (Lipinski definition) is 3. The molecular formula is C12H10F3N3. The molecule has 1 atom stereocenters. The second-order valence-corrected chi connectivity index (χ2v) is 3.62. The largest absolute Gasteiger partial charge is 0.308 e. The molecule has 1 heterocycles. The van der Waals surface area contributed by atoms with E-state index in [2.05, 4.69) is 15.3 Å². The molecule has 3 nitrogen and oxygen atoms in total. The summed E-state index contributed by atoms with van der Waals surface area (Å²) in [5, 5.41) is 2.80. The van der Waals surface area contributed by atoms with Crippen molar-refractivity contribution in [1.82, 2.24) is 15.3 Å². The van der Waals surface area contributed by atoms with Crippen LogP contribution in [0.5, 0.6) is 0 Å². The molecule has 1 aromatic heterocycles. The van der Waals surface area contributed by atoms with Gasteiger partial charge in [-0.25, -0.2) is 23.1 Å². The molecule has 2 rings (SSSR count). The van der Waals surface area contributed by atoms with E-state index in [4.69, 9.17) is 0 Å². The smallest absolute Gasteiger partial charge is 0.194 e. The summed E-state index contributed by atoms with van der Waals surface area (Å²) in [6.45, 7) is 0. The third-order valence-corrected chi connectivity index (χ3v) is 2.57. The Balaban J connectivity index is 2.50. The lowest BCUT2D eigenvalue weighted by Crippen LogP contribution is -2.21. The standard InChI is InChI=1S/C12H10F3N3/c1-16-12(9-4-5-17-6-18-9)7-2-3-8(13)11(15)10(7)14/h2-6,12,16H,1H3. The lowest BCUT2D eigenvalue weighted by molar-refractivity contribution is 0.434. The van der Waals surface area contributed by atoms with Crippen molar-refractivity contribution < 1.29 is 13.2 Å². The number of nitrogens with zero attached hydrogens (tertiary/aromatic N) is 2. The zero-order valence-electron chi connectivity index (χ0n) is 9.49. The molecule has 0 spiro atoms. The third-order valence-electron chi connectivity index (χ3n) is 2.57. The molecule has 0 radical (unpaired) electrons. The first-order chi connectivity index (χ1) is 8.65. The van der Waals surface area contributed by atoms with E-state index >= 15 is 0 Å². The summed E-state index contributed by atoms with van der Waals surface area (Å²) in [5.41, 5.74) is 0.465. The Labute approximate surface area is 102 Å². The van der Waals surface area contributed by atoms with Crippen LogP contribution < -0.4 is 5.32 Å². The van der Waals surface area contributed by atoms with Gasteiger partial charge in [-0.2, -0.15) is 0 Å². The van der Waals surface area contributed by atoms with Crippen LogP contribution in [0.1, 0.15) is 17.3 Å². The lowest BCUT2D eigenvalue weighted by Gasteiger charge is -2.16. The van der Waals surface area contributed by atoms with E-state index in [1.165, 1.54) is 18.6 Å². The Morgan fingerprint density at radius 3 is 2.50 bits per heavy atom. The van der Waals surface area contributed by atoms with E-state index in [1.807, 2.05) is 0 Å². The van der Waals surface area contributed by atoms with Gasteiger partial charge in [0.05, 0.1) is 11.7 Å². The first kappa shape index (κ1) is 12.5. The van der Waals surface area contributed by atoms with Crippen molar-refractivity contribution in [2.75, 3.05) is 7.05 Å². The summed E-state index contributed by atoms with van der Waals surface area (Å²) in [5.74, 6) is -3.91. The monoisotopic (exact) mass is 253 g/mol. The number of halogens is 3. The molecule has 1 unspecified atom stereocenters. The molecule has 0 aliphatic heterocycles. The zero-order chi connectivity index (χ0) is 13.1. The van der Waals surface area contributed by atoms with Gasteiger partial charge in [-0.1, -0.05) is 6.07 Å². The molecule has 0 aliphatic rings. The number of nitrogens with one attached hydrogen (secondary N) is 1. The Kier molecular flexibility index (Phi) is 3.57. The molecule has 0 saturated carbocycles. The highest BCUT2D eigenvalue weighted by molar-refractivity contribution is 5.29. The third kappa shape index (κ3) is 2.19. The van der Waals surface area contributed by atoms with Crippen LogP contribution in [-0.2, 0) is 0 Å². The van der Waals surface area contributed by atoms with Crippen LogP contribution in [0.25, 0.3) is 0 Å². The number of aromatic nitrogens is 2. The van der Waals surface area contributed by atoms with Crippen molar-refractivity contribution >= 4 is 0 Å². The van der Waals surface area contributed by atoms with Gasteiger partial charge in [0.2, 0.25) is 0 Å². The molecule has 1 aromatic carbocycles. The average Bonchev–Trinajstić information content (AvgIpc) is 2.41. The van der Waals surface area contributed by atoms with E-state index in [1.54, 1.807) is 13.1 Å². The minimum Gasteiger partial charge on any atom is -0.308 e.